The number of Topliss-reactive ketones (excluding diaryl/α,β-unsaturated/α-hetero) is 1. The number of rotatable bonds is 2. The molecule has 0 aromatic carbocycles. The molecule has 3 aliphatic rings. The molecule has 4 atom stereocenters. The minimum absolute atomic E-state index is 0.0794. The molecule has 8 heteroatoms. The zero-order valence-corrected chi connectivity index (χ0v) is 12.2. The van der Waals surface area contributed by atoms with Crippen LogP contribution in [0, 0.1) is 0 Å². The van der Waals surface area contributed by atoms with Gasteiger partial charge in [0, 0.05) is 18.3 Å². The molecule has 0 bridgehead atoms. The van der Waals surface area contributed by atoms with Crippen molar-refractivity contribution in [1.82, 2.24) is 4.57 Å². The van der Waals surface area contributed by atoms with E-state index in [0.717, 1.165) is 5.56 Å². The summed E-state index contributed by atoms with van der Waals surface area (Å²) in [5, 5.41) is 29.4. The largest absolute Gasteiger partial charge is 0.395 e. The van der Waals surface area contributed by atoms with Crippen LogP contribution in [0.1, 0.15) is 27.8 Å². The lowest BCUT2D eigenvalue weighted by molar-refractivity contribution is -0.0532. The molecule has 0 amide bonds. The molecule has 1 aliphatic carbocycles. The van der Waals surface area contributed by atoms with Crippen LogP contribution >= 0.6 is 0 Å². The zero-order chi connectivity index (χ0) is 16.3. The lowest BCUT2D eigenvalue weighted by Gasteiger charge is -2.22. The molecule has 0 unspecified atom stereocenters. The summed E-state index contributed by atoms with van der Waals surface area (Å²) in [6.07, 6.45) is -0.359. The minimum Gasteiger partial charge on any atom is -0.395 e. The van der Waals surface area contributed by atoms with Crippen LogP contribution in [0.3, 0.4) is 0 Å². The lowest BCUT2D eigenvalue weighted by atomic mass is 9.92. The summed E-state index contributed by atoms with van der Waals surface area (Å²) in [7, 11) is 0. The van der Waals surface area contributed by atoms with Crippen molar-refractivity contribution in [2.45, 2.75) is 31.0 Å². The van der Waals surface area contributed by atoms with Crippen LogP contribution < -0.4 is 5.73 Å². The zero-order valence-electron chi connectivity index (χ0n) is 12.2. The Morgan fingerprint density at radius 3 is 2.87 bits per heavy atom. The van der Waals surface area contributed by atoms with E-state index in [1.807, 2.05) is 0 Å². The average Bonchev–Trinajstić information content (AvgIpc) is 3.05. The first-order valence-electron chi connectivity index (χ1n) is 7.45. The van der Waals surface area contributed by atoms with Crippen molar-refractivity contribution in [2.75, 3.05) is 13.2 Å². The van der Waals surface area contributed by atoms with Gasteiger partial charge >= 0.3 is 0 Å². The summed E-state index contributed by atoms with van der Waals surface area (Å²) in [5.74, 6) is -0.357. The molecular formula is C15H17N3O5. The van der Waals surface area contributed by atoms with Gasteiger partial charge in [0.1, 0.15) is 24.0 Å². The van der Waals surface area contributed by atoms with E-state index in [-0.39, 0.29) is 11.5 Å². The number of allylic oxidation sites excluding steroid dienone is 2. The summed E-state index contributed by atoms with van der Waals surface area (Å²) in [4.78, 5) is 16.9. The molecule has 5 N–H and O–H groups in total. The Morgan fingerprint density at radius 2 is 2.17 bits per heavy atom. The molecule has 0 spiro atoms. The minimum atomic E-state index is -1.25. The lowest BCUT2D eigenvalue weighted by Crippen LogP contribution is -2.34. The fraction of sp³-hybridized carbons (Fsp3) is 0.467. The highest BCUT2D eigenvalue weighted by Crippen LogP contribution is 2.36. The normalized spacial score (nSPS) is 32.6. The third-order valence-electron chi connectivity index (χ3n) is 4.59. The number of hydrogen-bond acceptors (Lipinski definition) is 7. The number of aliphatic hydroxyl groups is 3. The Balaban J connectivity index is 1.85. The Labute approximate surface area is 131 Å². The molecule has 122 valence electrons. The van der Waals surface area contributed by atoms with Crippen LogP contribution in [0.5, 0.6) is 0 Å². The molecule has 0 saturated carbocycles. The number of carbonyl (C=O) groups excluding carboxylic acids is 1. The second kappa shape index (κ2) is 5.00. The van der Waals surface area contributed by atoms with E-state index in [2.05, 4.69) is 4.99 Å². The SMILES string of the molecule is NC1=CC2=NCCc3cn([C@H]4O[C@H](CO)[C@@H](O)[C@H]4O)c(c32)C1=O. The first-order valence-corrected chi connectivity index (χ1v) is 7.45. The molecule has 23 heavy (non-hydrogen) atoms. The summed E-state index contributed by atoms with van der Waals surface area (Å²) in [6.45, 7) is 0.174. The molecule has 1 aromatic rings. The number of hydrogen-bond donors (Lipinski definition) is 4. The van der Waals surface area contributed by atoms with E-state index in [0.29, 0.717) is 29.9 Å². The topological polar surface area (TPSA) is 130 Å². The van der Waals surface area contributed by atoms with Gasteiger partial charge in [0.15, 0.2) is 6.23 Å². The van der Waals surface area contributed by atoms with E-state index in [1.54, 1.807) is 12.3 Å². The van der Waals surface area contributed by atoms with Crippen molar-refractivity contribution in [3.8, 4) is 0 Å². The fourth-order valence-corrected chi connectivity index (χ4v) is 3.44. The second-order valence-corrected chi connectivity index (χ2v) is 5.96. The van der Waals surface area contributed by atoms with Gasteiger partial charge in [0.25, 0.3) is 0 Å². The first-order chi connectivity index (χ1) is 11.0. The van der Waals surface area contributed by atoms with Gasteiger partial charge in [-0.25, -0.2) is 0 Å². The quantitative estimate of drug-likeness (QED) is 0.524. The smallest absolute Gasteiger partial charge is 0.225 e. The molecule has 4 rings (SSSR count). The number of nitrogens with zero attached hydrogens (tertiary/aromatic N) is 2. The average molecular weight is 319 g/mol. The summed E-state index contributed by atoms with van der Waals surface area (Å²) < 4.78 is 7.06. The molecule has 0 radical (unpaired) electrons. The standard InChI is InChI=1S/C15H17N3O5/c16-7-3-8-10-6(1-2-17-8)4-18(11(10)12(7)20)15-14(22)13(21)9(5-19)23-15/h3-4,9,13-15,19,21-22H,1-2,5,16H2/t9-,13-,14-,15+/m1/s1. The Kier molecular flexibility index (Phi) is 3.17. The summed E-state index contributed by atoms with van der Waals surface area (Å²) in [6, 6.07) is 0. The maximum absolute atomic E-state index is 12.5. The monoisotopic (exact) mass is 319 g/mol. The third-order valence-corrected chi connectivity index (χ3v) is 4.59. The molecule has 1 fully saturated rings. The van der Waals surface area contributed by atoms with Gasteiger partial charge < -0.3 is 30.4 Å². The molecular weight excluding hydrogens is 302 g/mol. The van der Waals surface area contributed by atoms with Gasteiger partial charge in [-0.15, -0.1) is 0 Å². The summed E-state index contributed by atoms with van der Waals surface area (Å²) >= 11 is 0. The maximum atomic E-state index is 12.5. The highest BCUT2D eigenvalue weighted by molar-refractivity contribution is 6.26. The number of ketones is 1. The van der Waals surface area contributed by atoms with Crippen molar-refractivity contribution in [3.63, 3.8) is 0 Å². The van der Waals surface area contributed by atoms with Crippen molar-refractivity contribution in [3.05, 3.63) is 34.8 Å². The van der Waals surface area contributed by atoms with Crippen LogP contribution in [0.25, 0.3) is 0 Å². The maximum Gasteiger partial charge on any atom is 0.225 e. The number of aliphatic hydroxyl groups excluding tert-OH is 3. The molecule has 1 saturated heterocycles. The van der Waals surface area contributed by atoms with Crippen molar-refractivity contribution < 1.29 is 24.9 Å². The number of carbonyl (C=O) groups is 1. The Bertz CT molecular complexity index is 751. The predicted molar refractivity (Wildman–Crippen MR) is 79.2 cm³/mol. The van der Waals surface area contributed by atoms with Gasteiger partial charge in [-0.1, -0.05) is 0 Å². The molecule has 3 heterocycles. The van der Waals surface area contributed by atoms with E-state index in [1.165, 1.54) is 4.57 Å². The van der Waals surface area contributed by atoms with Crippen molar-refractivity contribution in [2.24, 2.45) is 10.7 Å². The number of ether oxygens (including phenoxy) is 1. The van der Waals surface area contributed by atoms with Crippen LogP contribution in [0.2, 0.25) is 0 Å². The van der Waals surface area contributed by atoms with E-state index in [9.17, 15) is 20.1 Å². The van der Waals surface area contributed by atoms with Crippen LogP contribution in [0.15, 0.2) is 23.0 Å². The first kappa shape index (κ1) is 14.6. The van der Waals surface area contributed by atoms with Gasteiger partial charge in [-0.05, 0) is 18.1 Å². The van der Waals surface area contributed by atoms with Gasteiger partial charge in [0.2, 0.25) is 5.78 Å². The van der Waals surface area contributed by atoms with Crippen LogP contribution in [-0.4, -0.2) is 62.8 Å². The van der Waals surface area contributed by atoms with E-state index < -0.39 is 31.1 Å². The van der Waals surface area contributed by atoms with Gasteiger partial charge in [-0.2, -0.15) is 0 Å². The third kappa shape index (κ3) is 1.93. The predicted octanol–water partition coefficient (Wildman–Crippen LogP) is -1.52. The molecule has 1 aromatic heterocycles. The Morgan fingerprint density at radius 1 is 1.39 bits per heavy atom. The number of nitrogens with two attached hydrogens (primary N) is 1. The van der Waals surface area contributed by atoms with E-state index in [4.69, 9.17) is 10.5 Å². The van der Waals surface area contributed by atoms with Crippen LogP contribution in [0.4, 0.5) is 0 Å². The fourth-order valence-electron chi connectivity index (χ4n) is 3.44. The summed E-state index contributed by atoms with van der Waals surface area (Å²) in [5.41, 5.74) is 8.50. The Hall–Kier alpha value is -2.00. The van der Waals surface area contributed by atoms with Crippen molar-refractivity contribution in [1.29, 1.82) is 0 Å². The van der Waals surface area contributed by atoms with E-state index >= 15 is 0 Å². The van der Waals surface area contributed by atoms with Gasteiger partial charge in [-0.3, -0.25) is 9.79 Å². The second-order valence-electron chi connectivity index (χ2n) is 5.96. The number of aliphatic imine (C=N–C) groups is 1. The van der Waals surface area contributed by atoms with Gasteiger partial charge in [0.05, 0.1) is 18.0 Å². The highest BCUT2D eigenvalue weighted by Gasteiger charge is 2.45. The highest BCUT2D eigenvalue weighted by atomic mass is 16.6. The molecule has 2 aliphatic heterocycles. The van der Waals surface area contributed by atoms with Crippen molar-refractivity contribution >= 4 is 11.5 Å². The van der Waals surface area contributed by atoms with Crippen LogP contribution in [-0.2, 0) is 11.2 Å². The number of aromatic nitrogens is 1. The molecule has 8 nitrogen and oxygen atoms in total.